The van der Waals surface area contributed by atoms with Crippen molar-refractivity contribution in [2.24, 2.45) is 5.10 Å². The lowest BCUT2D eigenvalue weighted by Crippen LogP contribution is -2.22. The average Bonchev–Trinajstić information content (AvgIpc) is 3.07. The third-order valence-corrected chi connectivity index (χ3v) is 5.03. The molecule has 1 aliphatic rings. The van der Waals surface area contributed by atoms with Gasteiger partial charge >= 0.3 is 0 Å². The van der Waals surface area contributed by atoms with Gasteiger partial charge in [0.25, 0.3) is 5.91 Å². The van der Waals surface area contributed by atoms with Crippen molar-refractivity contribution < 1.29 is 14.6 Å². The maximum absolute atomic E-state index is 13.2. The first-order valence-corrected chi connectivity index (χ1v) is 10.4. The van der Waals surface area contributed by atoms with Crippen molar-refractivity contribution in [1.82, 2.24) is 0 Å². The van der Waals surface area contributed by atoms with Crippen LogP contribution in [0.3, 0.4) is 0 Å². The molecule has 0 saturated heterocycles. The maximum atomic E-state index is 13.2. The molecule has 30 heavy (non-hydrogen) atoms. The van der Waals surface area contributed by atoms with Crippen molar-refractivity contribution in [2.75, 3.05) is 36.2 Å². The van der Waals surface area contributed by atoms with Crippen molar-refractivity contribution in [1.29, 1.82) is 0 Å². The van der Waals surface area contributed by atoms with Crippen LogP contribution in [0.15, 0.2) is 59.2 Å². The lowest BCUT2D eigenvalue weighted by Gasteiger charge is -2.22. The van der Waals surface area contributed by atoms with Gasteiger partial charge in [0.2, 0.25) is 0 Å². The minimum absolute atomic E-state index is 0.103. The molecule has 158 valence electrons. The number of hydrogen-bond donors (Lipinski definition) is 0. The lowest BCUT2D eigenvalue weighted by atomic mass is 10.0. The van der Waals surface area contributed by atoms with Crippen molar-refractivity contribution >= 4 is 29.1 Å². The molecule has 0 unspecified atom stereocenters. The molecule has 0 radical (unpaired) electrons. The van der Waals surface area contributed by atoms with E-state index in [0.717, 1.165) is 24.2 Å². The molecular formula is C24H29N3O3. The van der Waals surface area contributed by atoms with Crippen LogP contribution in [0.5, 0.6) is 0 Å². The summed E-state index contributed by atoms with van der Waals surface area (Å²) < 4.78 is 0. The van der Waals surface area contributed by atoms with Crippen molar-refractivity contribution in [3.63, 3.8) is 0 Å². The van der Waals surface area contributed by atoms with Gasteiger partial charge in [0.1, 0.15) is 12.3 Å². The maximum Gasteiger partial charge on any atom is 0.280 e. The SMILES string of the molecule is CCOOCC1=NN(c2ccccc2)C(=O)/C1=C\c1ccc(N(CC)CC)cc1C. The number of carbonyl (C=O) groups is 1. The standard InChI is InChI=1S/C24H29N3O3/c1-5-26(6-2)21-14-13-19(18(4)15-21)16-22-23(17-30-29-7-3)25-27(24(22)28)20-11-9-8-10-12-20/h8-16H,5-7,17H2,1-4H3/b22-16-. The number of benzene rings is 2. The molecule has 1 amide bonds. The summed E-state index contributed by atoms with van der Waals surface area (Å²) in [5, 5.41) is 5.92. The first kappa shape index (κ1) is 21.7. The van der Waals surface area contributed by atoms with Gasteiger partial charge in [-0.05, 0) is 69.2 Å². The Kier molecular flexibility index (Phi) is 7.38. The highest BCUT2D eigenvalue weighted by molar-refractivity contribution is 6.33. The number of para-hydroxylation sites is 1. The van der Waals surface area contributed by atoms with E-state index >= 15 is 0 Å². The van der Waals surface area contributed by atoms with Gasteiger partial charge < -0.3 is 4.90 Å². The fourth-order valence-corrected chi connectivity index (χ4v) is 3.40. The van der Waals surface area contributed by atoms with Gasteiger partial charge in [-0.1, -0.05) is 24.3 Å². The molecule has 0 spiro atoms. The molecular weight excluding hydrogens is 378 g/mol. The molecule has 0 atom stereocenters. The van der Waals surface area contributed by atoms with Crippen molar-refractivity contribution in [2.45, 2.75) is 27.7 Å². The molecule has 2 aromatic carbocycles. The number of hydrazone groups is 1. The molecule has 1 aliphatic heterocycles. The number of nitrogens with zero attached hydrogens (tertiary/aromatic N) is 3. The summed E-state index contributed by atoms with van der Waals surface area (Å²) in [6.45, 7) is 10.6. The normalized spacial score (nSPS) is 15.1. The van der Waals surface area contributed by atoms with E-state index in [0.29, 0.717) is 23.6 Å². The van der Waals surface area contributed by atoms with Crippen LogP contribution < -0.4 is 9.91 Å². The van der Waals surface area contributed by atoms with E-state index in [-0.39, 0.29) is 12.5 Å². The lowest BCUT2D eigenvalue weighted by molar-refractivity contribution is -0.279. The fraction of sp³-hybridized carbons (Fsp3) is 0.333. The number of rotatable bonds is 9. The van der Waals surface area contributed by atoms with Crippen LogP contribution in [0, 0.1) is 6.92 Å². The van der Waals surface area contributed by atoms with Gasteiger partial charge in [0, 0.05) is 18.8 Å². The number of aryl methyl sites for hydroxylation is 1. The van der Waals surface area contributed by atoms with E-state index in [9.17, 15) is 4.79 Å². The highest BCUT2D eigenvalue weighted by Crippen LogP contribution is 2.27. The van der Waals surface area contributed by atoms with E-state index in [2.05, 4.69) is 49.0 Å². The quantitative estimate of drug-likeness (QED) is 0.264. The molecule has 0 aliphatic carbocycles. The zero-order chi connectivity index (χ0) is 21.5. The predicted octanol–water partition coefficient (Wildman–Crippen LogP) is 4.60. The highest BCUT2D eigenvalue weighted by Gasteiger charge is 2.31. The van der Waals surface area contributed by atoms with Crippen LogP contribution in [0.25, 0.3) is 6.08 Å². The Morgan fingerprint density at radius 2 is 1.77 bits per heavy atom. The number of hydrogen-bond acceptors (Lipinski definition) is 5. The third-order valence-electron chi connectivity index (χ3n) is 5.03. The molecule has 0 saturated carbocycles. The summed E-state index contributed by atoms with van der Waals surface area (Å²) in [6, 6.07) is 15.7. The third kappa shape index (κ3) is 4.78. The zero-order valence-electron chi connectivity index (χ0n) is 18.1. The number of amides is 1. The van der Waals surface area contributed by atoms with Gasteiger partial charge in [-0.25, -0.2) is 9.78 Å². The van der Waals surface area contributed by atoms with Crippen LogP contribution in [0.1, 0.15) is 31.9 Å². The van der Waals surface area contributed by atoms with Gasteiger partial charge in [-0.3, -0.25) is 4.79 Å². The van der Waals surface area contributed by atoms with Gasteiger partial charge in [-0.15, -0.1) is 0 Å². The second-order valence-electron chi connectivity index (χ2n) is 6.94. The average molecular weight is 408 g/mol. The Balaban J connectivity index is 1.94. The summed E-state index contributed by atoms with van der Waals surface area (Å²) in [6.07, 6.45) is 1.89. The second kappa shape index (κ2) is 10.2. The van der Waals surface area contributed by atoms with Crippen molar-refractivity contribution in [3.05, 3.63) is 65.2 Å². The molecule has 1 heterocycles. The van der Waals surface area contributed by atoms with Crippen LogP contribution in [-0.2, 0) is 14.6 Å². The minimum atomic E-state index is -0.177. The van der Waals surface area contributed by atoms with Crippen LogP contribution >= 0.6 is 0 Å². The van der Waals surface area contributed by atoms with Gasteiger partial charge in [0.15, 0.2) is 0 Å². The van der Waals surface area contributed by atoms with E-state index in [1.54, 1.807) is 0 Å². The second-order valence-corrected chi connectivity index (χ2v) is 6.94. The largest absolute Gasteiger partial charge is 0.372 e. The topological polar surface area (TPSA) is 54.4 Å². The molecule has 6 heteroatoms. The molecule has 0 aromatic heterocycles. The van der Waals surface area contributed by atoms with E-state index in [1.807, 2.05) is 43.3 Å². The van der Waals surface area contributed by atoms with Crippen LogP contribution in [0.4, 0.5) is 11.4 Å². The highest BCUT2D eigenvalue weighted by atomic mass is 17.2. The Morgan fingerprint density at radius 3 is 2.40 bits per heavy atom. The summed E-state index contributed by atoms with van der Waals surface area (Å²) in [5.74, 6) is -0.177. The fourth-order valence-electron chi connectivity index (χ4n) is 3.40. The number of anilines is 2. The summed E-state index contributed by atoms with van der Waals surface area (Å²) in [5.41, 5.74) is 5.03. The predicted molar refractivity (Wildman–Crippen MR) is 122 cm³/mol. The smallest absolute Gasteiger partial charge is 0.280 e. The Labute approximate surface area is 178 Å². The van der Waals surface area contributed by atoms with Crippen LogP contribution in [0.2, 0.25) is 0 Å². The Hall–Kier alpha value is -2.96. The van der Waals surface area contributed by atoms with E-state index in [1.165, 1.54) is 10.7 Å². The molecule has 0 N–H and O–H groups in total. The first-order chi connectivity index (χ1) is 14.6. The first-order valence-electron chi connectivity index (χ1n) is 10.4. The zero-order valence-corrected chi connectivity index (χ0v) is 18.1. The molecule has 6 nitrogen and oxygen atoms in total. The molecule has 2 aromatic rings. The molecule has 0 bridgehead atoms. The minimum Gasteiger partial charge on any atom is -0.372 e. The number of carbonyl (C=O) groups excluding carboxylic acids is 1. The van der Waals surface area contributed by atoms with E-state index in [4.69, 9.17) is 9.78 Å². The van der Waals surface area contributed by atoms with Gasteiger partial charge in [0.05, 0.1) is 17.9 Å². The Morgan fingerprint density at radius 1 is 1.03 bits per heavy atom. The Bertz CT molecular complexity index is 934. The van der Waals surface area contributed by atoms with Crippen molar-refractivity contribution in [3.8, 4) is 0 Å². The summed E-state index contributed by atoms with van der Waals surface area (Å²) in [7, 11) is 0. The molecule has 0 fully saturated rings. The van der Waals surface area contributed by atoms with Crippen LogP contribution in [-0.4, -0.2) is 37.9 Å². The summed E-state index contributed by atoms with van der Waals surface area (Å²) >= 11 is 0. The monoisotopic (exact) mass is 407 g/mol. The molecule has 3 rings (SSSR count). The van der Waals surface area contributed by atoms with Gasteiger partial charge in [-0.2, -0.15) is 10.1 Å². The van der Waals surface area contributed by atoms with E-state index < -0.39 is 0 Å². The summed E-state index contributed by atoms with van der Waals surface area (Å²) in [4.78, 5) is 25.7.